The molecule has 0 spiro atoms. The fraction of sp³-hybridized carbons (Fsp3) is 0.417. The van der Waals surface area contributed by atoms with Crippen LogP contribution in [0.2, 0.25) is 0 Å². The molecule has 5 nitrogen and oxygen atoms in total. The molecule has 0 aromatic heterocycles. The zero-order valence-corrected chi connectivity index (χ0v) is 10.8. The predicted octanol–water partition coefficient (Wildman–Crippen LogP) is 1.42. The SMILES string of the molecule is COC(=O)c1cc(N)ccc1N(CCO)CC(F)(F)F. The Hall–Kier alpha value is -1.96. The number of hydrogen-bond acceptors (Lipinski definition) is 5. The summed E-state index contributed by atoms with van der Waals surface area (Å²) >= 11 is 0. The van der Waals surface area contributed by atoms with Gasteiger partial charge in [-0.2, -0.15) is 13.2 Å². The summed E-state index contributed by atoms with van der Waals surface area (Å²) in [5.74, 6) is -0.794. The first-order valence-corrected chi connectivity index (χ1v) is 5.69. The molecule has 0 saturated carbocycles. The number of carbonyl (C=O) groups excluding carboxylic acids is 1. The molecule has 112 valence electrons. The molecule has 1 aromatic rings. The topological polar surface area (TPSA) is 75.8 Å². The zero-order valence-electron chi connectivity index (χ0n) is 10.8. The van der Waals surface area contributed by atoms with Crippen LogP contribution in [0, 0.1) is 0 Å². The molecule has 0 aliphatic rings. The molecule has 0 amide bonds. The molecular formula is C12H15F3N2O3. The molecule has 20 heavy (non-hydrogen) atoms. The first kappa shape index (κ1) is 16.1. The zero-order chi connectivity index (χ0) is 15.3. The van der Waals surface area contributed by atoms with E-state index in [4.69, 9.17) is 10.8 Å². The van der Waals surface area contributed by atoms with Crippen LogP contribution >= 0.6 is 0 Å². The van der Waals surface area contributed by atoms with Crippen molar-refractivity contribution in [2.24, 2.45) is 0 Å². The standard InChI is InChI=1S/C12H15F3N2O3/c1-20-11(19)9-6-8(16)2-3-10(9)17(4-5-18)7-12(13,14)15/h2-3,6,18H,4-5,7,16H2,1H3. The number of alkyl halides is 3. The average molecular weight is 292 g/mol. The van der Waals surface area contributed by atoms with Crippen molar-refractivity contribution in [3.63, 3.8) is 0 Å². The van der Waals surface area contributed by atoms with Crippen molar-refractivity contribution in [3.05, 3.63) is 23.8 Å². The monoisotopic (exact) mass is 292 g/mol. The van der Waals surface area contributed by atoms with E-state index in [1.807, 2.05) is 0 Å². The molecule has 0 unspecified atom stereocenters. The maximum absolute atomic E-state index is 12.5. The van der Waals surface area contributed by atoms with Gasteiger partial charge in [0, 0.05) is 12.2 Å². The Labute approximate surface area is 113 Å². The van der Waals surface area contributed by atoms with Crippen LogP contribution in [0.25, 0.3) is 0 Å². The van der Waals surface area contributed by atoms with Crippen molar-refractivity contribution in [2.45, 2.75) is 6.18 Å². The second kappa shape index (κ2) is 6.47. The highest BCUT2D eigenvalue weighted by atomic mass is 19.4. The molecule has 0 bridgehead atoms. The minimum atomic E-state index is -4.47. The van der Waals surface area contributed by atoms with Crippen molar-refractivity contribution < 1.29 is 27.8 Å². The maximum atomic E-state index is 12.5. The number of aliphatic hydroxyl groups excluding tert-OH is 1. The fourth-order valence-electron chi connectivity index (χ4n) is 1.72. The molecule has 0 aliphatic heterocycles. The number of halogens is 3. The van der Waals surface area contributed by atoms with Crippen molar-refractivity contribution >= 4 is 17.3 Å². The van der Waals surface area contributed by atoms with Crippen LogP contribution in [0.15, 0.2) is 18.2 Å². The normalized spacial score (nSPS) is 11.2. The lowest BCUT2D eigenvalue weighted by Crippen LogP contribution is -2.37. The van der Waals surface area contributed by atoms with Gasteiger partial charge < -0.3 is 20.5 Å². The van der Waals surface area contributed by atoms with Crippen molar-refractivity contribution in [3.8, 4) is 0 Å². The van der Waals surface area contributed by atoms with E-state index in [1.165, 1.54) is 18.2 Å². The number of nitrogens with two attached hydrogens (primary N) is 1. The second-order valence-electron chi connectivity index (χ2n) is 4.03. The average Bonchev–Trinajstić information content (AvgIpc) is 2.35. The molecule has 3 N–H and O–H groups in total. The van der Waals surface area contributed by atoms with E-state index in [-0.39, 0.29) is 23.5 Å². The Balaban J connectivity index is 3.21. The largest absolute Gasteiger partial charge is 0.465 e. The van der Waals surface area contributed by atoms with E-state index in [0.29, 0.717) is 0 Å². The highest BCUT2D eigenvalue weighted by molar-refractivity contribution is 5.97. The van der Waals surface area contributed by atoms with Crippen molar-refractivity contribution in [2.75, 3.05) is 37.4 Å². The highest BCUT2D eigenvalue weighted by Gasteiger charge is 2.32. The van der Waals surface area contributed by atoms with E-state index in [2.05, 4.69) is 4.74 Å². The third-order valence-corrected chi connectivity index (χ3v) is 2.51. The molecule has 0 heterocycles. The van der Waals surface area contributed by atoms with Gasteiger partial charge in [0.25, 0.3) is 0 Å². The van der Waals surface area contributed by atoms with E-state index in [1.54, 1.807) is 0 Å². The fourth-order valence-corrected chi connectivity index (χ4v) is 1.72. The Morgan fingerprint density at radius 3 is 2.60 bits per heavy atom. The Bertz CT molecular complexity index is 478. The van der Waals surface area contributed by atoms with Crippen molar-refractivity contribution in [1.29, 1.82) is 0 Å². The van der Waals surface area contributed by atoms with Crippen LogP contribution in [0.3, 0.4) is 0 Å². The number of ether oxygens (including phenoxy) is 1. The molecular weight excluding hydrogens is 277 g/mol. The summed E-state index contributed by atoms with van der Waals surface area (Å²) in [6.07, 6.45) is -4.47. The number of hydrogen-bond donors (Lipinski definition) is 2. The molecule has 8 heteroatoms. The summed E-state index contributed by atoms with van der Waals surface area (Å²) in [4.78, 5) is 12.5. The molecule has 1 aromatic carbocycles. The number of anilines is 2. The number of aliphatic hydroxyl groups is 1. The summed E-state index contributed by atoms with van der Waals surface area (Å²) in [5.41, 5.74) is 5.68. The molecule has 0 fully saturated rings. The Morgan fingerprint density at radius 2 is 2.10 bits per heavy atom. The third kappa shape index (κ3) is 4.30. The molecule has 1 rings (SSSR count). The number of carbonyl (C=O) groups is 1. The van der Waals surface area contributed by atoms with Crippen LogP contribution in [0.4, 0.5) is 24.5 Å². The van der Waals surface area contributed by atoms with Crippen LogP contribution in [-0.4, -0.2) is 44.1 Å². The number of benzene rings is 1. The van der Waals surface area contributed by atoms with Gasteiger partial charge in [-0.3, -0.25) is 0 Å². The van der Waals surface area contributed by atoms with Crippen LogP contribution in [0.1, 0.15) is 10.4 Å². The minimum Gasteiger partial charge on any atom is -0.465 e. The number of rotatable bonds is 5. The molecule has 0 aliphatic carbocycles. The first-order chi connectivity index (χ1) is 9.28. The van der Waals surface area contributed by atoms with Crippen LogP contribution in [-0.2, 0) is 4.74 Å². The third-order valence-electron chi connectivity index (χ3n) is 2.51. The minimum absolute atomic E-state index is 0.0115. The maximum Gasteiger partial charge on any atom is 0.405 e. The molecule has 0 saturated heterocycles. The highest BCUT2D eigenvalue weighted by Crippen LogP contribution is 2.27. The van der Waals surface area contributed by atoms with Gasteiger partial charge >= 0.3 is 12.1 Å². The van der Waals surface area contributed by atoms with Gasteiger partial charge in [0.15, 0.2) is 0 Å². The smallest absolute Gasteiger partial charge is 0.405 e. The molecule has 0 radical (unpaired) electrons. The van der Waals surface area contributed by atoms with Crippen LogP contribution < -0.4 is 10.6 Å². The first-order valence-electron chi connectivity index (χ1n) is 5.69. The van der Waals surface area contributed by atoms with Crippen LogP contribution in [0.5, 0.6) is 0 Å². The summed E-state index contributed by atoms with van der Waals surface area (Å²) in [6, 6.07) is 3.91. The van der Waals surface area contributed by atoms with Gasteiger partial charge in [-0.25, -0.2) is 4.79 Å². The molecule has 0 atom stereocenters. The van der Waals surface area contributed by atoms with Gasteiger partial charge in [-0.1, -0.05) is 0 Å². The van der Waals surface area contributed by atoms with E-state index in [9.17, 15) is 18.0 Å². The van der Waals surface area contributed by atoms with E-state index >= 15 is 0 Å². The summed E-state index contributed by atoms with van der Waals surface area (Å²) in [5, 5.41) is 8.89. The number of nitrogen functional groups attached to an aromatic ring is 1. The van der Waals surface area contributed by atoms with E-state index in [0.717, 1.165) is 12.0 Å². The Kier molecular flexibility index (Phi) is 5.20. The summed E-state index contributed by atoms with van der Waals surface area (Å²) < 4.78 is 42.2. The van der Waals surface area contributed by atoms with Gasteiger partial charge in [0.1, 0.15) is 6.54 Å². The lowest BCUT2D eigenvalue weighted by molar-refractivity contribution is -0.119. The summed E-state index contributed by atoms with van der Waals surface area (Å²) in [6.45, 7) is -2.05. The predicted molar refractivity (Wildman–Crippen MR) is 67.5 cm³/mol. The lowest BCUT2D eigenvalue weighted by atomic mass is 10.1. The second-order valence-corrected chi connectivity index (χ2v) is 4.03. The van der Waals surface area contributed by atoms with Gasteiger partial charge in [-0.15, -0.1) is 0 Å². The Morgan fingerprint density at radius 1 is 1.45 bits per heavy atom. The lowest BCUT2D eigenvalue weighted by Gasteiger charge is -2.26. The van der Waals surface area contributed by atoms with Gasteiger partial charge in [0.05, 0.1) is 25.0 Å². The number of methoxy groups -OCH3 is 1. The number of esters is 1. The van der Waals surface area contributed by atoms with Crippen molar-refractivity contribution in [1.82, 2.24) is 0 Å². The van der Waals surface area contributed by atoms with Gasteiger partial charge in [0.2, 0.25) is 0 Å². The van der Waals surface area contributed by atoms with Gasteiger partial charge in [-0.05, 0) is 18.2 Å². The number of nitrogens with zero attached hydrogens (tertiary/aromatic N) is 1. The van der Waals surface area contributed by atoms with E-state index < -0.39 is 25.3 Å². The quantitative estimate of drug-likeness (QED) is 0.634. The summed E-state index contributed by atoms with van der Waals surface area (Å²) in [7, 11) is 1.12.